The number of nitrogens with zero attached hydrogens (tertiary/aromatic N) is 3. The average molecular weight is 303 g/mol. The number of hydrogen-bond donors (Lipinski definition) is 1. The molecule has 0 radical (unpaired) electrons. The van der Waals surface area contributed by atoms with Gasteiger partial charge in [-0.05, 0) is 25.0 Å². The normalized spacial score (nSPS) is 17.9. The molecule has 7 heteroatoms. The molecule has 1 atom stereocenters. The van der Waals surface area contributed by atoms with Crippen molar-refractivity contribution >= 4 is 23.2 Å². The minimum Gasteiger partial charge on any atom is -0.480 e. The van der Waals surface area contributed by atoms with Gasteiger partial charge in [-0.3, -0.25) is 9.78 Å². The van der Waals surface area contributed by atoms with E-state index in [9.17, 15) is 9.59 Å². The molecule has 1 saturated heterocycles. The van der Waals surface area contributed by atoms with Crippen LogP contribution in [-0.2, 0) is 4.79 Å². The predicted molar refractivity (Wildman–Crippen MR) is 77.0 cm³/mol. The Morgan fingerprint density at radius 3 is 2.90 bits per heavy atom. The fourth-order valence-corrected chi connectivity index (χ4v) is 3.24. The third-order valence-electron chi connectivity index (χ3n) is 3.40. The molecule has 1 fully saturated rings. The van der Waals surface area contributed by atoms with Crippen LogP contribution in [0.4, 0.5) is 0 Å². The highest BCUT2D eigenvalue weighted by Crippen LogP contribution is 2.27. The smallest absolute Gasteiger partial charge is 0.326 e. The third-order valence-corrected chi connectivity index (χ3v) is 4.41. The van der Waals surface area contributed by atoms with Gasteiger partial charge >= 0.3 is 5.97 Å². The first-order chi connectivity index (χ1) is 10.2. The lowest BCUT2D eigenvalue weighted by molar-refractivity contribution is -0.141. The number of amides is 1. The van der Waals surface area contributed by atoms with E-state index in [-0.39, 0.29) is 5.91 Å². The van der Waals surface area contributed by atoms with Gasteiger partial charge in [-0.25, -0.2) is 9.78 Å². The van der Waals surface area contributed by atoms with Gasteiger partial charge in [-0.15, -0.1) is 11.3 Å². The maximum absolute atomic E-state index is 12.4. The number of aromatic nitrogens is 2. The molecule has 6 nitrogen and oxygen atoms in total. The second-order valence-corrected chi connectivity index (χ2v) is 5.77. The molecular weight excluding hydrogens is 290 g/mol. The van der Waals surface area contributed by atoms with E-state index in [1.165, 1.54) is 22.4 Å². The lowest BCUT2D eigenvalue weighted by Gasteiger charge is -2.20. The molecule has 0 saturated carbocycles. The second-order valence-electron chi connectivity index (χ2n) is 4.74. The minimum atomic E-state index is -0.949. The highest BCUT2D eigenvalue weighted by Gasteiger charge is 2.35. The fourth-order valence-electron chi connectivity index (χ4n) is 2.39. The van der Waals surface area contributed by atoms with Crippen LogP contribution in [0, 0.1) is 0 Å². The van der Waals surface area contributed by atoms with Gasteiger partial charge < -0.3 is 10.0 Å². The van der Waals surface area contributed by atoms with Crippen LogP contribution in [0.5, 0.6) is 0 Å². The predicted octanol–water partition coefficient (Wildman–Crippen LogP) is 1.89. The molecule has 1 aliphatic rings. The Labute approximate surface area is 125 Å². The maximum atomic E-state index is 12.4. The van der Waals surface area contributed by atoms with E-state index in [1.54, 1.807) is 6.20 Å². The number of aliphatic carboxylic acids is 1. The van der Waals surface area contributed by atoms with Crippen molar-refractivity contribution in [3.05, 3.63) is 35.5 Å². The summed E-state index contributed by atoms with van der Waals surface area (Å²) in [6.45, 7) is 0.479. The van der Waals surface area contributed by atoms with Gasteiger partial charge in [0.15, 0.2) is 0 Å². The van der Waals surface area contributed by atoms with Crippen LogP contribution >= 0.6 is 11.3 Å². The summed E-state index contributed by atoms with van der Waals surface area (Å²) in [6, 6.07) is 4.76. The molecule has 1 amide bonds. The zero-order chi connectivity index (χ0) is 14.8. The number of likely N-dealkylation sites (tertiary alicyclic amines) is 1. The van der Waals surface area contributed by atoms with Gasteiger partial charge in [0.1, 0.15) is 15.9 Å². The highest BCUT2D eigenvalue weighted by atomic mass is 32.1. The van der Waals surface area contributed by atoms with Crippen LogP contribution < -0.4 is 0 Å². The molecule has 2 aromatic rings. The zero-order valence-electron chi connectivity index (χ0n) is 11.1. The van der Waals surface area contributed by atoms with Gasteiger partial charge in [-0.2, -0.15) is 0 Å². The number of carbonyl (C=O) groups is 2. The number of carbonyl (C=O) groups excluding carboxylic acids is 1. The van der Waals surface area contributed by atoms with Gasteiger partial charge in [0.25, 0.3) is 5.91 Å². The first-order valence-electron chi connectivity index (χ1n) is 6.58. The SMILES string of the molecule is O=C(O)C1CCCN1C(=O)c1cnc(-c2ccccn2)s1. The Kier molecular flexibility index (Phi) is 3.66. The van der Waals surface area contributed by atoms with Crippen molar-refractivity contribution in [2.45, 2.75) is 18.9 Å². The Bertz CT molecular complexity index is 671. The van der Waals surface area contributed by atoms with Crippen LogP contribution in [0.15, 0.2) is 30.6 Å². The van der Waals surface area contributed by atoms with E-state index in [0.29, 0.717) is 35.0 Å². The summed E-state index contributed by atoms with van der Waals surface area (Å²) in [6.07, 6.45) is 4.38. The van der Waals surface area contributed by atoms with Gasteiger partial charge in [0.05, 0.1) is 11.9 Å². The number of carboxylic acids is 1. The molecule has 0 aliphatic carbocycles. The number of carboxylic acid groups (broad SMARTS) is 1. The Balaban J connectivity index is 1.83. The summed E-state index contributed by atoms with van der Waals surface area (Å²) in [5.41, 5.74) is 0.706. The third kappa shape index (κ3) is 2.64. The summed E-state index contributed by atoms with van der Waals surface area (Å²) in [5, 5.41) is 9.80. The molecule has 1 N–H and O–H groups in total. The van der Waals surface area contributed by atoms with E-state index < -0.39 is 12.0 Å². The topological polar surface area (TPSA) is 83.4 Å². The van der Waals surface area contributed by atoms with Crippen LogP contribution in [0.2, 0.25) is 0 Å². The maximum Gasteiger partial charge on any atom is 0.326 e. The Morgan fingerprint density at radius 2 is 2.19 bits per heavy atom. The van der Waals surface area contributed by atoms with Crippen molar-refractivity contribution in [2.24, 2.45) is 0 Å². The average Bonchev–Trinajstić information content (AvgIpc) is 3.17. The van der Waals surface area contributed by atoms with Crippen molar-refractivity contribution in [1.29, 1.82) is 0 Å². The molecule has 0 aromatic carbocycles. The molecule has 21 heavy (non-hydrogen) atoms. The van der Waals surface area contributed by atoms with Crippen molar-refractivity contribution in [1.82, 2.24) is 14.9 Å². The monoisotopic (exact) mass is 303 g/mol. The van der Waals surface area contributed by atoms with Gasteiger partial charge in [-0.1, -0.05) is 6.07 Å². The summed E-state index contributed by atoms with van der Waals surface area (Å²) < 4.78 is 0. The van der Waals surface area contributed by atoms with Crippen molar-refractivity contribution in [3.63, 3.8) is 0 Å². The van der Waals surface area contributed by atoms with E-state index in [0.717, 1.165) is 0 Å². The van der Waals surface area contributed by atoms with E-state index >= 15 is 0 Å². The minimum absolute atomic E-state index is 0.264. The lowest BCUT2D eigenvalue weighted by Crippen LogP contribution is -2.40. The number of thiazole rings is 1. The standard InChI is InChI=1S/C14H13N3O3S/c18-13(17-7-3-5-10(17)14(19)20)11-8-16-12(21-11)9-4-1-2-6-15-9/h1-2,4,6,8,10H,3,5,7H2,(H,19,20). The van der Waals surface area contributed by atoms with Crippen molar-refractivity contribution in [3.8, 4) is 10.7 Å². The van der Waals surface area contributed by atoms with E-state index in [2.05, 4.69) is 9.97 Å². The summed E-state index contributed by atoms with van der Waals surface area (Å²) in [5.74, 6) is -1.21. The summed E-state index contributed by atoms with van der Waals surface area (Å²) in [7, 11) is 0. The molecular formula is C14H13N3O3S. The van der Waals surface area contributed by atoms with Crippen LogP contribution in [0.25, 0.3) is 10.7 Å². The number of rotatable bonds is 3. The molecule has 0 bridgehead atoms. The van der Waals surface area contributed by atoms with E-state index in [4.69, 9.17) is 5.11 Å². The zero-order valence-corrected chi connectivity index (χ0v) is 11.9. The Morgan fingerprint density at radius 1 is 1.33 bits per heavy atom. The molecule has 3 heterocycles. The van der Waals surface area contributed by atoms with Gasteiger partial charge in [0, 0.05) is 12.7 Å². The molecule has 108 valence electrons. The quantitative estimate of drug-likeness (QED) is 0.936. The highest BCUT2D eigenvalue weighted by molar-refractivity contribution is 7.16. The first kappa shape index (κ1) is 13.7. The molecule has 0 spiro atoms. The first-order valence-corrected chi connectivity index (χ1v) is 7.39. The number of pyridine rings is 1. The molecule has 1 aliphatic heterocycles. The second kappa shape index (κ2) is 5.61. The summed E-state index contributed by atoms with van der Waals surface area (Å²) >= 11 is 1.24. The fraction of sp³-hybridized carbons (Fsp3) is 0.286. The largest absolute Gasteiger partial charge is 0.480 e. The van der Waals surface area contributed by atoms with E-state index in [1.807, 2.05) is 18.2 Å². The van der Waals surface area contributed by atoms with Crippen molar-refractivity contribution in [2.75, 3.05) is 6.54 Å². The van der Waals surface area contributed by atoms with Crippen LogP contribution in [-0.4, -0.2) is 44.4 Å². The molecule has 2 aromatic heterocycles. The molecule has 3 rings (SSSR count). The number of hydrogen-bond acceptors (Lipinski definition) is 5. The molecule has 1 unspecified atom stereocenters. The Hall–Kier alpha value is -2.28. The summed E-state index contributed by atoms with van der Waals surface area (Å²) in [4.78, 5) is 33.8. The van der Waals surface area contributed by atoms with Gasteiger partial charge in [0.2, 0.25) is 0 Å². The van der Waals surface area contributed by atoms with Crippen LogP contribution in [0.3, 0.4) is 0 Å². The van der Waals surface area contributed by atoms with Crippen molar-refractivity contribution < 1.29 is 14.7 Å². The van der Waals surface area contributed by atoms with Crippen LogP contribution in [0.1, 0.15) is 22.5 Å². The lowest BCUT2D eigenvalue weighted by atomic mass is 10.2.